The zero-order chi connectivity index (χ0) is 10.6. The van der Waals surface area contributed by atoms with Gasteiger partial charge < -0.3 is 15.5 Å². The number of anilines is 1. The lowest BCUT2D eigenvalue weighted by atomic mass is 10.3. The molecule has 0 aliphatic heterocycles. The van der Waals surface area contributed by atoms with E-state index in [0.717, 1.165) is 0 Å². The monoisotopic (exact) mass is 233 g/mol. The first-order valence-electron chi connectivity index (χ1n) is 4.15. The average Bonchev–Trinajstić information content (AvgIpc) is 2.16. The van der Waals surface area contributed by atoms with Crippen LogP contribution in [0.25, 0.3) is 0 Å². The van der Waals surface area contributed by atoms with E-state index in [1.54, 1.807) is 18.2 Å². The minimum absolute atomic E-state index is 0.244. The molecule has 3 nitrogen and oxygen atoms in total. The third-order valence-corrected chi connectivity index (χ3v) is 2.40. The second kappa shape index (κ2) is 5.46. The molecule has 0 heterocycles. The summed E-state index contributed by atoms with van der Waals surface area (Å²) in [6.07, 6.45) is -0.793. The second-order valence-electron chi connectivity index (χ2n) is 2.85. The molecule has 14 heavy (non-hydrogen) atoms. The van der Waals surface area contributed by atoms with Crippen LogP contribution in [0.4, 0.5) is 5.69 Å². The van der Waals surface area contributed by atoms with Crippen molar-refractivity contribution in [3.05, 3.63) is 23.2 Å². The van der Waals surface area contributed by atoms with Crippen molar-refractivity contribution in [2.24, 2.45) is 0 Å². The Morgan fingerprint density at radius 3 is 2.79 bits per heavy atom. The van der Waals surface area contributed by atoms with Gasteiger partial charge in [-0.25, -0.2) is 0 Å². The maximum atomic E-state index is 9.12. The fourth-order valence-electron chi connectivity index (χ4n) is 0.972. The summed E-state index contributed by atoms with van der Waals surface area (Å²) in [6, 6.07) is 5.32. The number of aliphatic hydroxyl groups is 2. The zero-order valence-corrected chi connectivity index (χ0v) is 9.09. The average molecular weight is 234 g/mol. The van der Waals surface area contributed by atoms with Crippen LogP contribution >= 0.6 is 24.2 Å². The van der Waals surface area contributed by atoms with Gasteiger partial charge in [-0.1, -0.05) is 17.7 Å². The lowest BCUT2D eigenvalue weighted by Gasteiger charge is -2.13. The standard InChI is InChI=1S/C9H12ClNO2S/c10-7-2-1-3-8(14)9(7)11-4-6(13)5-12/h1-3,6,11-14H,4-5H2. The Labute approximate surface area is 93.1 Å². The molecule has 0 fully saturated rings. The largest absolute Gasteiger partial charge is 0.394 e. The number of halogens is 1. The summed E-state index contributed by atoms with van der Waals surface area (Å²) in [6.45, 7) is -0.0346. The molecule has 0 aliphatic rings. The van der Waals surface area contributed by atoms with E-state index in [9.17, 15) is 0 Å². The van der Waals surface area contributed by atoms with Crippen LogP contribution in [0.2, 0.25) is 5.02 Å². The molecule has 1 aromatic rings. The van der Waals surface area contributed by atoms with Crippen LogP contribution in [0.15, 0.2) is 23.1 Å². The van der Waals surface area contributed by atoms with E-state index in [1.165, 1.54) is 0 Å². The maximum Gasteiger partial charge on any atom is 0.0942 e. The summed E-state index contributed by atoms with van der Waals surface area (Å²) >= 11 is 10.1. The highest BCUT2D eigenvalue weighted by Gasteiger charge is 2.06. The fraction of sp³-hybridized carbons (Fsp3) is 0.333. The predicted molar refractivity (Wildman–Crippen MR) is 60.3 cm³/mol. The SMILES string of the molecule is OCC(O)CNc1c(S)cccc1Cl. The third-order valence-electron chi connectivity index (χ3n) is 1.72. The van der Waals surface area contributed by atoms with E-state index < -0.39 is 6.10 Å². The summed E-state index contributed by atoms with van der Waals surface area (Å²) in [5, 5.41) is 21.2. The molecule has 0 saturated carbocycles. The number of para-hydroxylation sites is 1. The topological polar surface area (TPSA) is 52.5 Å². The van der Waals surface area contributed by atoms with Gasteiger partial charge in [0.05, 0.1) is 23.4 Å². The molecule has 1 aromatic carbocycles. The number of hydrogen-bond donors (Lipinski definition) is 4. The van der Waals surface area contributed by atoms with Crippen LogP contribution in [0, 0.1) is 0 Å². The molecule has 1 atom stereocenters. The highest BCUT2D eigenvalue weighted by atomic mass is 35.5. The molecule has 0 bridgehead atoms. The number of nitrogens with one attached hydrogen (secondary N) is 1. The number of rotatable bonds is 4. The van der Waals surface area contributed by atoms with Crippen LogP contribution in [-0.2, 0) is 0 Å². The Morgan fingerprint density at radius 1 is 1.50 bits per heavy atom. The first kappa shape index (κ1) is 11.7. The van der Waals surface area contributed by atoms with Crippen molar-refractivity contribution in [2.75, 3.05) is 18.5 Å². The van der Waals surface area contributed by atoms with Gasteiger partial charge in [0.25, 0.3) is 0 Å². The lowest BCUT2D eigenvalue weighted by Crippen LogP contribution is -2.23. The molecule has 1 unspecified atom stereocenters. The highest BCUT2D eigenvalue weighted by molar-refractivity contribution is 7.80. The van der Waals surface area contributed by atoms with Crippen molar-refractivity contribution in [2.45, 2.75) is 11.0 Å². The van der Waals surface area contributed by atoms with Crippen molar-refractivity contribution in [3.8, 4) is 0 Å². The van der Waals surface area contributed by atoms with Gasteiger partial charge in [-0.15, -0.1) is 12.6 Å². The second-order valence-corrected chi connectivity index (χ2v) is 3.74. The minimum atomic E-state index is -0.793. The Morgan fingerprint density at radius 2 is 2.21 bits per heavy atom. The molecule has 5 heteroatoms. The number of thiol groups is 1. The summed E-state index contributed by atoms with van der Waals surface area (Å²) in [5.74, 6) is 0. The summed E-state index contributed by atoms with van der Waals surface area (Å²) in [4.78, 5) is 0.711. The summed E-state index contributed by atoms with van der Waals surface area (Å²) in [7, 11) is 0. The molecule has 0 spiro atoms. The van der Waals surface area contributed by atoms with Gasteiger partial charge in [0.15, 0.2) is 0 Å². The first-order chi connectivity index (χ1) is 6.65. The van der Waals surface area contributed by atoms with Crippen molar-refractivity contribution in [3.63, 3.8) is 0 Å². The molecule has 0 aliphatic carbocycles. The van der Waals surface area contributed by atoms with E-state index in [1.807, 2.05) is 0 Å². The molecule has 3 N–H and O–H groups in total. The Hall–Kier alpha value is -0.420. The van der Waals surface area contributed by atoms with Gasteiger partial charge in [0.2, 0.25) is 0 Å². The Balaban J connectivity index is 2.66. The molecular formula is C9H12ClNO2S. The highest BCUT2D eigenvalue weighted by Crippen LogP contribution is 2.28. The van der Waals surface area contributed by atoms with Gasteiger partial charge in [0.1, 0.15) is 0 Å². The van der Waals surface area contributed by atoms with Crippen molar-refractivity contribution >= 4 is 29.9 Å². The smallest absolute Gasteiger partial charge is 0.0942 e. The van der Waals surface area contributed by atoms with Crippen molar-refractivity contribution in [1.82, 2.24) is 0 Å². The van der Waals surface area contributed by atoms with E-state index in [4.69, 9.17) is 21.8 Å². The fourth-order valence-corrected chi connectivity index (χ4v) is 1.56. The maximum absolute atomic E-state index is 9.12. The quantitative estimate of drug-likeness (QED) is 0.595. The number of benzene rings is 1. The first-order valence-corrected chi connectivity index (χ1v) is 4.98. The molecule has 0 aromatic heterocycles. The Bertz CT molecular complexity index is 289. The van der Waals surface area contributed by atoms with Gasteiger partial charge >= 0.3 is 0 Å². The van der Waals surface area contributed by atoms with Crippen LogP contribution < -0.4 is 5.32 Å². The van der Waals surface area contributed by atoms with Gasteiger partial charge in [0, 0.05) is 11.4 Å². The summed E-state index contributed by atoms with van der Waals surface area (Å²) in [5.41, 5.74) is 0.671. The minimum Gasteiger partial charge on any atom is -0.394 e. The predicted octanol–water partition coefficient (Wildman–Crippen LogP) is 1.39. The van der Waals surface area contributed by atoms with Crippen LogP contribution in [0.1, 0.15) is 0 Å². The van der Waals surface area contributed by atoms with Crippen LogP contribution in [0.5, 0.6) is 0 Å². The number of hydrogen-bond acceptors (Lipinski definition) is 4. The lowest BCUT2D eigenvalue weighted by molar-refractivity contribution is 0.105. The Kier molecular flexibility index (Phi) is 4.54. The number of aliphatic hydroxyl groups excluding tert-OH is 2. The van der Waals surface area contributed by atoms with E-state index >= 15 is 0 Å². The van der Waals surface area contributed by atoms with E-state index in [-0.39, 0.29) is 13.2 Å². The van der Waals surface area contributed by atoms with Gasteiger partial charge in [-0.3, -0.25) is 0 Å². The van der Waals surface area contributed by atoms with Gasteiger partial charge in [-0.05, 0) is 12.1 Å². The normalized spacial score (nSPS) is 12.6. The molecule has 0 amide bonds. The summed E-state index contributed by atoms with van der Waals surface area (Å²) < 4.78 is 0. The van der Waals surface area contributed by atoms with E-state index in [2.05, 4.69) is 17.9 Å². The molecule has 1 rings (SSSR count). The molecule has 78 valence electrons. The van der Waals surface area contributed by atoms with Crippen LogP contribution in [0.3, 0.4) is 0 Å². The third kappa shape index (κ3) is 3.06. The van der Waals surface area contributed by atoms with Gasteiger partial charge in [-0.2, -0.15) is 0 Å². The zero-order valence-electron chi connectivity index (χ0n) is 7.44. The van der Waals surface area contributed by atoms with E-state index in [0.29, 0.717) is 15.6 Å². The molecule has 0 radical (unpaired) electrons. The van der Waals surface area contributed by atoms with Crippen molar-refractivity contribution in [1.29, 1.82) is 0 Å². The van der Waals surface area contributed by atoms with Crippen molar-refractivity contribution < 1.29 is 10.2 Å². The molecular weight excluding hydrogens is 222 g/mol. The molecule has 0 saturated heterocycles. The van der Waals surface area contributed by atoms with Crippen LogP contribution in [-0.4, -0.2) is 29.5 Å².